The van der Waals surface area contributed by atoms with Crippen molar-refractivity contribution >= 4 is 0 Å². The molecule has 0 aliphatic carbocycles. The molecule has 0 aliphatic rings. The number of hydrogen-bond donors (Lipinski definition) is 0. The van der Waals surface area contributed by atoms with Crippen LogP contribution in [0, 0.1) is 5.92 Å². The monoisotopic (exact) mass is 390 g/mol. The fraction of sp³-hybridized carbons (Fsp3) is 0.857. The van der Waals surface area contributed by atoms with Crippen LogP contribution in [0.3, 0.4) is 0 Å². The molecule has 0 saturated heterocycles. The van der Waals surface area contributed by atoms with Gasteiger partial charge in [-0.2, -0.15) is 0 Å². The van der Waals surface area contributed by atoms with E-state index in [0.717, 1.165) is 5.92 Å². The molecule has 1 unspecified atom stereocenters. The summed E-state index contributed by atoms with van der Waals surface area (Å²) in [5, 5.41) is 0. The first kappa shape index (κ1) is 27.5. The Morgan fingerprint density at radius 1 is 0.643 bits per heavy atom. The van der Waals surface area contributed by atoms with E-state index in [1.165, 1.54) is 128 Å². The highest BCUT2D eigenvalue weighted by Crippen LogP contribution is 2.20. The fourth-order valence-corrected chi connectivity index (χ4v) is 4.10. The van der Waals surface area contributed by atoms with Gasteiger partial charge in [0.15, 0.2) is 0 Å². The minimum absolute atomic E-state index is 0.729. The predicted octanol–water partition coefficient (Wildman–Crippen LogP) is 10.6. The van der Waals surface area contributed by atoms with Crippen LogP contribution in [0.15, 0.2) is 24.3 Å². The summed E-state index contributed by atoms with van der Waals surface area (Å²) in [5.41, 5.74) is 1.61. The average molecular weight is 391 g/mol. The van der Waals surface area contributed by atoms with Gasteiger partial charge in [0.05, 0.1) is 0 Å². The maximum Gasteiger partial charge on any atom is -0.0233 e. The summed E-state index contributed by atoms with van der Waals surface area (Å²) in [6, 6.07) is 0. The van der Waals surface area contributed by atoms with Crippen LogP contribution in [-0.2, 0) is 0 Å². The van der Waals surface area contributed by atoms with Gasteiger partial charge in [-0.1, -0.05) is 128 Å². The Bertz CT molecular complexity index is 338. The van der Waals surface area contributed by atoms with E-state index in [0.29, 0.717) is 0 Å². The van der Waals surface area contributed by atoms with Crippen molar-refractivity contribution in [2.75, 3.05) is 0 Å². The minimum atomic E-state index is 0.729. The van der Waals surface area contributed by atoms with Gasteiger partial charge in [-0.15, -0.1) is 6.58 Å². The maximum atomic E-state index is 4.08. The molecule has 0 aromatic rings. The van der Waals surface area contributed by atoms with E-state index in [-0.39, 0.29) is 0 Å². The highest BCUT2D eigenvalue weighted by molar-refractivity contribution is 4.98. The van der Waals surface area contributed by atoms with Crippen LogP contribution in [0.2, 0.25) is 0 Å². The van der Waals surface area contributed by atoms with Crippen LogP contribution < -0.4 is 0 Å². The summed E-state index contributed by atoms with van der Waals surface area (Å²) in [7, 11) is 0. The number of hydrogen-bond acceptors (Lipinski definition) is 0. The predicted molar refractivity (Wildman–Crippen MR) is 131 cm³/mol. The molecule has 166 valence electrons. The minimum Gasteiger partial charge on any atom is -0.103 e. The van der Waals surface area contributed by atoms with Crippen LogP contribution in [0.4, 0.5) is 0 Å². The zero-order valence-electron chi connectivity index (χ0n) is 20.1. The van der Waals surface area contributed by atoms with Crippen LogP contribution in [0.25, 0.3) is 0 Å². The first-order valence-electron chi connectivity index (χ1n) is 13.0. The van der Waals surface area contributed by atoms with Gasteiger partial charge < -0.3 is 0 Å². The Morgan fingerprint density at radius 3 is 1.61 bits per heavy atom. The van der Waals surface area contributed by atoms with Gasteiger partial charge in [0, 0.05) is 0 Å². The standard InChI is InChI=1S/C28H54/c1-5-8-10-12-14-16-18-20-23-27(4)24-22-26-28(7-3)25-21-19-17-15-13-11-9-6-2/h7,24,28H,3,5-6,8-23,25-26H2,1-2,4H3. The van der Waals surface area contributed by atoms with Crippen LogP contribution in [0.1, 0.15) is 149 Å². The molecule has 0 spiro atoms. The largest absolute Gasteiger partial charge is 0.103 e. The smallest absolute Gasteiger partial charge is 0.0233 e. The van der Waals surface area contributed by atoms with E-state index in [9.17, 15) is 0 Å². The molecular weight excluding hydrogens is 336 g/mol. The van der Waals surface area contributed by atoms with E-state index >= 15 is 0 Å². The summed E-state index contributed by atoms with van der Waals surface area (Å²) < 4.78 is 0. The zero-order chi connectivity index (χ0) is 20.7. The number of unbranched alkanes of at least 4 members (excludes halogenated alkanes) is 14. The second-order valence-corrected chi connectivity index (χ2v) is 9.11. The SMILES string of the molecule is C=CC(CCC=C(C)CCCCCCCCCC)CCCCCCCCCC. The number of rotatable bonds is 22. The van der Waals surface area contributed by atoms with Gasteiger partial charge in [-0.05, 0) is 44.9 Å². The Balaban J connectivity index is 3.57. The van der Waals surface area contributed by atoms with Gasteiger partial charge in [-0.25, -0.2) is 0 Å². The highest BCUT2D eigenvalue weighted by atomic mass is 14.1. The molecular formula is C28H54. The molecule has 0 aliphatic heterocycles. The third-order valence-electron chi connectivity index (χ3n) is 6.22. The summed E-state index contributed by atoms with van der Waals surface area (Å²) >= 11 is 0. The van der Waals surface area contributed by atoms with Crippen LogP contribution in [0.5, 0.6) is 0 Å². The van der Waals surface area contributed by atoms with Crippen molar-refractivity contribution in [1.82, 2.24) is 0 Å². The first-order chi connectivity index (χ1) is 13.7. The molecule has 0 nitrogen and oxygen atoms in total. The van der Waals surface area contributed by atoms with Gasteiger partial charge >= 0.3 is 0 Å². The second kappa shape index (κ2) is 22.8. The van der Waals surface area contributed by atoms with E-state index in [1.54, 1.807) is 5.57 Å². The third-order valence-corrected chi connectivity index (χ3v) is 6.22. The van der Waals surface area contributed by atoms with E-state index < -0.39 is 0 Å². The Labute approximate surface area is 179 Å². The fourth-order valence-electron chi connectivity index (χ4n) is 4.10. The molecule has 0 N–H and O–H groups in total. The van der Waals surface area contributed by atoms with Crippen molar-refractivity contribution < 1.29 is 0 Å². The molecule has 0 fully saturated rings. The van der Waals surface area contributed by atoms with Crippen LogP contribution in [-0.4, -0.2) is 0 Å². The van der Waals surface area contributed by atoms with Crippen LogP contribution >= 0.6 is 0 Å². The molecule has 0 saturated carbocycles. The third kappa shape index (κ3) is 20.2. The van der Waals surface area contributed by atoms with Crippen molar-refractivity contribution in [3.8, 4) is 0 Å². The van der Waals surface area contributed by atoms with Gasteiger partial charge in [0.2, 0.25) is 0 Å². The average Bonchev–Trinajstić information content (AvgIpc) is 2.70. The first-order valence-corrected chi connectivity index (χ1v) is 13.0. The second-order valence-electron chi connectivity index (χ2n) is 9.11. The molecule has 0 aromatic carbocycles. The lowest BCUT2D eigenvalue weighted by Crippen LogP contribution is -1.96. The summed E-state index contributed by atoms with van der Waals surface area (Å²) in [6.45, 7) is 11.0. The van der Waals surface area contributed by atoms with Crippen molar-refractivity contribution in [1.29, 1.82) is 0 Å². The van der Waals surface area contributed by atoms with Crippen molar-refractivity contribution in [2.45, 2.75) is 149 Å². The lowest BCUT2D eigenvalue weighted by atomic mass is 9.95. The zero-order valence-corrected chi connectivity index (χ0v) is 20.1. The van der Waals surface area contributed by atoms with Gasteiger partial charge in [-0.3, -0.25) is 0 Å². The molecule has 0 radical (unpaired) electrons. The normalized spacial score (nSPS) is 13.0. The van der Waals surface area contributed by atoms with E-state index in [4.69, 9.17) is 0 Å². The summed E-state index contributed by atoms with van der Waals surface area (Å²) in [4.78, 5) is 0. The molecule has 0 heterocycles. The number of allylic oxidation sites excluding steroid dienone is 3. The van der Waals surface area contributed by atoms with Crippen molar-refractivity contribution in [3.63, 3.8) is 0 Å². The van der Waals surface area contributed by atoms with Gasteiger partial charge in [0.25, 0.3) is 0 Å². The molecule has 1 atom stereocenters. The molecule has 0 rings (SSSR count). The van der Waals surface area contributed by atoms with Crippen molar-refractivity contribution in [2.24, 2.45) is 5.92 Å². The van der Waals surface area contributed by atoms with Gasteiger partial charge in [0.1, 0.15) is 0 Å². The summed E-state index contributed by atoms with van der Waals surface area (Å²) in [5.74, 6) is 0.729. The van der Waals surface area contributed by atoms with E-state index in [1.807, 2.05) is 0 Å². The Morgan fingerprint density at radius 2 is 1.11 bits per heavy atom. The maximum absolute atomic E-state index is 4.08. The Kier molecular flexibility index (Phi) is 22.3. The molecule has 0 amide bonds. The molecule has 0 heteroatoms. The lowest BCUT2D eigenvalue weighted by molar-refractivity contribution is 0.493. The molecule has 0 bridgehead atoms. The van der Waals surface area contributed by atoms with Crippen molar-refractivity contribution in [3.05, 3.63) is 24.3 Å². The lowest BCUT2D eigenvalue weighted by Gasteiger charge is -2.11. The van der Waals surface area contributed by atoms with E-state index in [2.05, 4.69) is 39.5 Å². The quantitative estimate of drug-likeness (QED) is 0.127. The highest BCUT2D eigenvalue weighted by Gasteiger charge is 2.03. The topological polar surface area (TPSA) is 0 Å². The summed E-state index contributed by atoms with van der Waals surface area (Å²) in [6.07, 6.45) is 32.7. The molecule has 0 aromatic heterocycles. The Hall–Kier alpha value is -0.520. The molecule has 28 heavy (non-hydrogen) atoms.